The maximum Gasteiger partial charge on any atom is 0.0620 e. The Morgan fingerprint density at radius 2 is 2.62 bits per heavy atom. The molecule has 1 saturated heterocycles. The van der Waals surface area contributed by atoms with Crippen LogP contribution in [0.1, 0.15) is 12.1 Å². The first-order valence-electron chi connectivity index (χ1n) is 4.77. The van der Waals surface area contributed by atoms with Gasteiger partial charge in [0.15, 0.2) is 0 Å². The highest BCUT2D eigenvalue weighted by molar-refractivity contribution is 5.06. The smallest absolute Gasteiger partial charge is 0.0620 e. The Kier molecular flexibility index (Phi) is 2.66. The van der Waals surface area contributed by atoms with E-state index in [1.807, 2.05) is 0 Å². The zero-order valence-corrected chi connectivity index (χ0v) is 7.99. The molecule has 1 aromatic rings. The topological polar surface area (TPSA) is 26.2 Å². The Morgan fingerprint density at radius 3 is 3.23 bits per heavy atom. The van der Waals surface area contributed by atoms with Crippen molar-refractivity contribution in [3.63, 3.8) is 0 Å². The lowest BCUT2D eigenvalue weighted by molar-refractivity contribution is 0.189. The minimum absolute atomic E-state index is 0.551. The number of rotatable bonds is 3. The summed E-state index contributed by atoms with van der Waals surface area (Å²) in [5.74, 6) is 0. The molecule has 1 aliphatic heterocycles. The molecule has 2 rings (SSSR count). The first kappa shape index (κ1) is 8.78. The van der Waals surface area contributed by atoms with Crippen molar-refractivity contribution in [2.45, 2.75) is 19.0 Å². The monoisotopic (exact) mass is 180 g/mol. The third-order valence-electron chi connectivity index (χ3n) is 2.55. The van der Waals surface area contributed by atoms with E-state index in [1.165, 1.54) is 5.69 Å². The summed E-state index contributed by atoms with van der Waals surface area (Å²) in [6, 6.07) is 4.76. The molecule has 1 unspecified atom stereocenters. The fourth-order valence-corrected chi connectivity index (χ4v) is 1.62. The van der Waals surface area contributed by atoms with Crippen LogP contribution >= 0.6 is 0 Å². The lowest BCUT2D eigenvalue weighted by Gasteiger charge is -2.10. The third-order valence-corrected chi connectivity index (χ3v) is 2.55. The van der Waals surface area contributed by atoms with E-state index in [-0.39, 0.29) is 0 Å². The van der Waals surface area contributed by atoms with Crippen LogP contribution in [-0.4, -0.2) is 23.8 Å². The van der Waals surface area contributed by atoms with Crippen molar-refractivity contribution < 1.29 is 4.74 Å². The van der Waals surface area contributed by atoms with Crippen LogP contribution in [0.15, 0.2) is 18.3 Å². The summed E-state index contributed by atoms with van der Waals surface area (Å²) in [5.41, 5.74) is 1.33. The number of aryl methyl sites for hydroxylation is 1. The minimum atomic E-state index is 0.551. The molecular formula is C10H16N2O. The Balaban J connectivity index is 1.82. The molecule has 1 N–H and O–H groups in total. The van der Waals surface area contributed by atoms with E-state index in [1.54, 1.807) is 0 Å². The molecule has 0 spiro atoms. The van der Waals surface area contributed by atoms with E-state index >= 15 is 0 Å². The highest BCUT2D eigenvalue weighted by Gasteiger charge is 2.14. The van der Waals surface area contributed by atoms with E-state index in [2.05, 4.69) is 35.3 Å². The Morgan fingerprint density at radius 1 is 1.69 bits per heavy atom. The average Bonchev–Trinajstić information content (AvgIpc) is 2.72. The minimum Gasteiger partial charge on any atom is -0.380 e. The SMILES string of the molecule is Cn1cccc1CNC1CCOC1. The predicted octanol–water partition coefficient (Wildman–Crippen LogP) is 0.904. The van der Waals surface area contributed by atoms with Crippen molar-refractivity contribution in [2.24, 2.45) is 7.05 Å². The molecule has 1 atom stereocenters. The summed E-state index contributed by atoms with van der Waals surface area (Å²) in [6.07, 6.45) is 3.21. The molecule has 0 saturated carbocycles. The second kappa shape index (κ2) is 3.94. The fraction of sp³-hybridized carbons (Fsp3) is 0.600. The zero-order chi connectivity index (χ0) is 9.10. The van der Waals surface area contributed by atoms with Gasteiger partial charge in [0.1, 0.15) is 0 Å². The summed E-state index contributed by atoms with van der Waals surface area (Å²) in [5, 5.41) is 3.48. The Bertz CT molecular complexity index is 264. The number of ether oxygens (including phenoxy) is 1. The van der Waals surface area contributed by atoms with Crippen LogP contribution in [-0.2, 0) is 18.3 Å². The molecule has 3 nitrogen and oxygen atoms in total. The van der Waals surface area contributed by atoms with Crippen LogP contribution < -0.4 is 5.32 Å². The predicted molar refractivity (Wildman–Crippen MR) is 51.5 cm³/mol. The largest absolute Gasteiger partial charge is 0.380 e. The summed E-state index contributed by atoms with van der Waals surface area (Å²) >= 11 is 0. The molecule has 0 amide bonds. The fourth-order valence-electron chi connectivity index (χ4n) is 1.62. The lowest BCUT2D eigenvalue weighted by Crippen LogP contribution is -2.29. The van der Waals surface area contributed by atoms with Gasteiger partial charge in [-0.1, -0.05) is 0 Å². The molecule has 0 aliphatic carbocycles. The van der Waals surface area contributed by atoms with Crippen LogP contribution in [0.4, 0.5) is 0 Å². The Labute approximate surface area is 78.7 Å². The van der Waals surface area contributed by atoms with Gasteiger partial charge in [-0.2, -0.15) is 0 Å². The molecule has 1 aromatic heterocycles. The van der Waals surface area contributed by atoms with Crippen molar-refractivity contribution in [3.8, 4) is 0 Å². The van der Waals surface area contributed by atoms with Gasteiger partial charge in [0.25, 0.3) is 0 Å². The first-order valence-corrected chi connectivity index (χ1v) is 4.77. The molecule has 2 heterocycles. The molecule has 0 aromatic carbocycles. The number of nitrogens with one attached hydrogen (secondary N) is 1. The zero-order valence-electron chi connectivity index (χ0n) is 7.99. The first-order chi connectivity index (χ1) is 6.36. The molecule has 0 bridgehead atoms. The third kappa shape index (κ3) is 2.11. The number of hydrogen-bond donors (Lipinski definition) is 1. The van der Waals surface area contributed by atoms with Crippen LogP contribution in [0.2, 0.25) is 0 Å². The normalized spacial score (nSPS) is 22.4. The van der Waals surface area contributed by atoms with E-state index in [0.29, 0.717) is 6.04 Å². The molecule has 1 aliphatic rings. The quantitative estimate of drug-likeness (QED) is 0.748. The van der Waals surface area contributed by atoms with Crippen LogP contribution in [0.5, 0.6) is 0 Å². The summed E-state index contributed by atoms with van der Waals surface area (Å²) < 4.78 is 7.43. The van der Waals surface area contributed by atoms with Crippen molar-refractivity contribution in [3.05, 3.63) is 24.0 Å². The van der Waals surface area contributed by atoms with E-state index < -0.39 is 0 Å². The van der Waals surface area contributed by atoms with Crippen molar-refractivity contribution in [2.75, 3.05) is 13.2 Å². The van der Waals surface area contributed by atoms with Gasteiger partial charge in [-0.05, 0) is 18.6 Å². The second-order valence-electron chi connectivity index (χ2n) is 3.55. The number of nitrogens with zero attached hydrogens (tertiary/aromatic N) is 1. The van der Waals surface area contributed by atoms with Gasteiger partial charge in [0.2, 0.25) is 0 Å². The van der Waals surface area contributed by atoms with Crippen LogP contribution in [0.25, 0.3) is 0 Å². The van der Waals surface area contributed by atoms with Crippen molar-refractivity contribution >= 4 is 0 Å². The van der Waals surface area contributed by atoms with Crippen molar-refractivity contribution in [1.82, 2.24) is 9.88 Å². The van der Waals surface area contributed by atoms with Gasteiger partial charge in [0, 0.05) is 38.1 Å². The van der Waals surface area contributed by atoms with Crippen LogP contribution in [0, 0.1) is 0 Å². The summed E-state index contributed by atoms with van der Waals surface area (Å²) in [6.45, 7) is 2.72. The highest BCUT2D eigenvalue weighted by atomic mass is 16.5. The Hall–Kier alpha value is -0.800. The van der Waals surface area contributed by atoms with Gasteiger partial charge in [-0.25, -0.2) is 0 Å². The lowest BCUT2D eigenvalue weighted by atomic mass is 10.2. The molecule has 72 valence electrons. The molecular weight excluding hydrogens is 164 g/mol. The standard InChI is InChI=1S/C10H16N2O/c1-12-5-2-3-10(12)7-11-9-4-6-13-8-9/h2-3,5,9,11H,4,6-8H2,1H3. The maximum absolute atomic E-state index is 5.29. The van der Waals surface area contributed by atoms with Gasteiger partial charge in [-0.3, -0.25) is 0 Å². The number of hydrogen-bond acceptors (Lipinski definition) is 2. The van der Waals surface area contributed by atoms with E-state index in [9.17, 15) is 0 Å². The number of aromatic nitrogens is 1. The summed E-state index contributed by atoms with van der Waals surface area (Å²) in [7, 11) is 2.07. The summed E-state index contributed by atoms with van der Waals surface area (Å²) in [4.78, 5) is 0. The average molecular weight is 180 g/mol. The van der Waals surface area contributed by atoms with Gasteiger partial charge in [0.05, 0.1) is 6.61 Å². The maximum atomic E-state index is 5.29. The molecule has 13 heavy (non-hydrogen) atoms. The molecule has 0 radical (unpaired) electrons. The second-order valence-corrected chi connectivity index (χ2v) is 3.55. The van der Waals surface area contributed by atoms with Gasteiger partial charge >= 0.3 is 0 Å². The van der Waals surface area contributed by atoms with E-state index in [4.69, 9.17) is 4.74 Å². The molecule has 1 fully saturated rings. The highest BCUT2D eigenvalue weighted by Crippen LogP contribution is 2.05. The molecule has 3 heteroatoms. The van der Waals surface area contributed by atoms with Crippen molar-refractivity contribution in [1.29, 1.82) is 0 Å². The van der Waals surface area contributed by atoms with E-state index in [0.717, 1.165) is 26.2 Å². The van der Waals surface area contributed by atoms with Crippen LogP contribution in [0.3, 0.4) is 0 Å². The van der Waals surface area contributed by atoms with Gasteiger partial charge in [-0.15, -0.1) is 0 Å². The van der Waals surface area contributed by atoms with Gasteiger partial charge < -0.3 is 14.6 Å².